The van der Waals surface area contributed by atoms with Crippen LogP contribution in [-0.4, -0.2) is 62.9 Å². The summed E-state index contributed by atoms with van der Waals surface area (Å²) in [7, 11) is 1.52. The number of para-hydroxylation sites is 1. The van der Waals surface area contributed by atoms with Crippen LogP contribution in [0.1, 0.15) is 6.42 Å². The fourth-order valence-corrected chi connectivity index (χ4v) is 3.43. The van der Waals surface area contributed by atoms with Crippen LogP contribution in [0.4, 0.5) is 19.1 Å². The summed E-state index contributed by atoms with van der Waals surface area (Å²) in [6.07, 6.45) is -2.87. The number of likely N-dealkylation sites (N-methyl/N-ethyl adjacent to an activating group) is 1. The average Bonchev–Trinajstić information content (AvgIpc) is 3.25. The molecule has 1 atom stereocenters. The summed E-state index contributed by atoms with van der Waals surface area (Å²) >= 11 is 0. The highest BCUT2D eigenvalue weighted by atomic mass is 19.4. The van der Waals surface area contributed by atoms with Gasteiger partial charge in [0.1, 0.15) is 18.0 Å². The SMILES string of the molecule is CN(c1nc2c(cnn2-c2ccccc2)c(=O)[nH]1)C1CCN(CC(F)(F)F)C1=O. The van der Waals surface area contributed by atoms with Crippen molar-refractivity contribution < 1.29 is 18.0 Å². The van der Waals surface area contributed by atoms with E-state index in [2.05, 4.69) is 15.1 Å². The number of hydrogen-bond donors (Lipinski definition) is 1. The third-order valence-corrected chi connectivity index (χ3v) is 4.87. The predicted molar refractivity (Wildman–Crippen MR) is 98.9 cm³/mol. The lowest BCUT2D eigenvalue weighted by atomic mass is 10.2. The second-order valence-corrected chi connectivity index (χ2v) is 6.81. The molecule has 8 nitrogen and oxygen atoms in total. The zero-order chi connectivity index (χ0) is 20.8. The van der Waals surface area contributed by atoms with Crippen molar-refractivity contribution in [3.05, 3.63) is 46.9 Å². The molecule has 3 aromatic rings. The van der Waals surface area contributed by atoms with Crippen LogP contribution in [0.3, 0.4) is 0 Å². The number of rotatable bonds is 4. The molecular formula is C18H17F3N6O2. The van der Waals surface area contributed by atoms with Crippen molar-refractivity contribution >= 4 is 22.9 Å². The Morgan fingerprint density at radius 1 is 1.24 bits per heavy atom. The summed E-state index contributed by atoms with van der Waals surface area (Å²) in [6, 6.07) is 8.23. The maximum atomic E-state index is 12.7. The zero-order valence-corrected chi connectivity index (χ0v) is 15.3. The molecular weight excluding hydrogens is 389 g/mol. The van der Waals surface area contributed by atoms with Crippen molar-refractivity contribution in [3.63, 3.8) is 0 Å². The van der Waals surface area contributed by atoms with E-state index in [-0.39, 0.29) is 24.3 Å². The number of likely N-dealkylation sites (tertiary alicyclic amines) is 1. The molecule has 29 heavy (non-hydrogen) atoms. The lowest BCUT2D eigenvalue weighted by molar-refractivity contribution is -0.157. The molecule has 1 amide bonds. The van der Waals surface area contributed by atoms with Gasteiger partial charge in [-0.2, -0.15) is 23.3 Å². The molecule has 1 unspecified atom stereocenters. The van der Waals surface area contributed by atoms with Gasteiger partial charge in [0.2, 0.25) is 11.9 Å². The van der Waals surface area contributed by atoms with E-state index in [1.165, 1.54) is 22.8 Å². The lowest BCUT2D eigenvalue weighted by Gasteiger charge is -2.24. The van der Waals surface area contributed by atoms with Crippen LogP contribution < -0.4 is 10.5 Å². The first kappa shape index (κ1) is 19.0. The van der Waals surface area contributed by atoms with Crippen LogP contribution >= 0.6 is 0 Å². The third-order valence-electron chi connectivity index (χ3n) is 4.87. The highest BCUT2D eigenvalue weighted by Crippen LogP contribution is 2.25. The first-order valence-electron chi connectivity index (χ1n) is 8.86. The molecule has 2 aromatic heterocycles. The Morgan fingerprint density at radius 2 is 1.97 bits per heavy atom. The van der Waals surface area contributed by atoms with E-state index in [1.54, 1.807) is 12.1 Å². The Bertz CT molecular complexity index is 1110. The van der Waals surface area contributed by atoms with Gasteiger partial charge >= 0.3 is 6.18 Å². The quantitative estimate of drug-likeness (QED) is 0.713. The van der Waals surface area contributed by atoms with Crippen molar-refractivity contribution in [2.24, 2.45) is 0 Å². The number of fused-ring (bicyclic) bond motifs is 1. The van der Waals surface area contributed by atoms with E-state index < -0.39 is 30.2 Å². The molecule has 4 rings (SSSR count). The maximum absolute atomic E-state index is 12.7. The number of anilines is 1. The van der Waals surface area contributed by atoms with Crippen molar-refractivity contribution in [3.8, 4) is 5.69 Å². The monoisotopic (exact) mass is 406 g/mol. The van der Waals surface area contributed by atoms with Gasteiger partial charge in [-0.1, -0.05) is 18.2 Å². The normalized spacial score (nSPS) is 17.3. The first-order chi connectivity index (χ1) is 13.7. The largest absolute Gasteiger partial charge is 0.406 e. The topological polar surface area (TPSA) is 87.1 Å². The van der Waals surface area contributed by atoms with Crippen molar-refractivity contribution in [2.75, 3.05) is 25.0 Å². The van der Waals surface area contributed by atoms with Crippen LogP contribution in [0.2, 0.25) is 0 Å². The standard InChI is InChI=1S/C18H17F3N6O2/c1-25(13-7-8-26(16(13)29)10-18(19,20)21)17-23-14-12(15(28)24-17)9-22-27(14)11-5-3-2-4-6-11/h2-6,9,13H,7-8,10H2,1H3,(H,23,24,28). The zero-order valence-electron chi connectivity index (χ0n) is 15.3. The number of halogens is 3. The maximum Gasteiger partial charge on any atom is 0.406 e. The van der Waals surface area contributed by atoms with E-state index in [9.17, 15) is 22.8 Å². The van der Waals surface area contributed by atoms with E-state index in [0.29, 0.717) is 11.3 Å². The van der Waals surface area contributed by atoms with Gasteiger partial charge in [0.25, 0.3) is 5.56 Å². The predicted octanol–water partition coefficient (Wildman–Crippen LogP) is 1.71. The van der Waals surface area contributed by atoms with Crippen LogP contribution in [-0.2, 0) is 4.79 Å². The molecule has 0 saturated carbocycles. The molecule has 1 saturated heterocycles. The number of amides is 1. The summed E-state index contributed by atoms with van der Waals surface area (Å²) in [6.45, 7) is -1.30. The van der Waals surface area contributed by atoms with Crippen LogP contribution in [0, 0.1) is 0 Å². The Balaban J connectivity index is 1.68. The molecule has 1 aromatic carbocycles. The summed E-state index contributed by atoms with van der Waals surface area (Å²) in [5.74, 6) is -0.559. The number of hydrogen-bond acceptors (Lipinski definition) is 5. The number of nitrogens with one attached hydrogen (secondary N) is 1. The van der Waals surface area contributed by atoms with Gasteiger partial charge in [-0.05, 0) is 18.6 Å². The van der Waals surface area contributed by atoms with Gasteiger partial charge in [0.15, 0.2) is 5.65 Å². The minimum atomic E-state index is -4.46. The average molecular weight is 406 g/mol. The molecule has 3 heterocycles. The highest BCUT2D eigenvalue weighted by molar-refractivity contribution is 5.87. The number of carbonyl (C=O) groups excluding carboxylic acids is 1. The van der Waals surface area contributed by atoms with Gasteiger partial charge in [0, 0.05) is 13.6 Å². The number of alkyl halides is 3. The Kier molecular flexibility index (Phi) is 4.52. The number of aromatic nitrogens is 4. The molecule has 0 aliphatic carbocycles. The third kappa shape index (κ3) is 3.55. The number of benzene rings is 1. The second kappa shape index (κ2) is 6.90. The molecule has 1 aliphatic heterocycles. The van der Waals surface area contributed by atoms with E-state index in [0.717, 1.165) is 4.90 Å². The Hall–Kier alpha value is -3.37. The van der Waals surface area contributed by atoms with Crippen molar-refractivity contribution in [1.29, 1.82) is 0 Å². The van der Waals surface area contributed by atoms with Crippen molar-refractivity contribution in [1.82, 2.24) is 24.6 Å². The fourth-order valence-electron chi connectivity index (χ4n) is 3.43. The first-order valence-corrected chi connectivity index (χ1v) is 8.86. The minimum absolute atomic E-state index is 0.0121. The van der Waals surface area contributed by atoms with Crippen LogP contribution in [0.15, 0.2) is 41.3 Å². The van der Waals surface area contributed by atoms with Crippen molar-refractivity contribution in [2.45, 2.75) is 18.6 Å². The summed E-state index contributed by atoms with van der Waals surface area (Å²) in [4.78, 5) is 34.1. The van der Waals surface area contributed by atoms with E-state index in [1.807, 2.05) is 18.2 Å². The Labute approximate surface area is 162 Å². The molecule has 1 fully saturated rings. The molecule has 0 radical (unpaired) electrons. The molecule has 1 aliphatic rings. The number of nitrogens with zero attached hydrogens (tertiary/aromatic N) is 5. The van der Waals surface area contributed by atoms with Gasteiger partial charge < -0.3 is 9.80 Å². The lowest BCUT2D eigenvalue weighted by Crippen LogP contribution is -2.43. The Morgan fingerprint density at radius 3 is 2.66 bits per heavy atom. The second-order valence-electron chi connectivity index (χ2n) is 6.81. The minimum Gasteiger partial charge on any atom is -0.333 e. The van der Waals surface area contributed by atoms with Gasteiger partial charge in [-0.25, -0.2) is 4.68 Å². The molecule has 1 N–H and O–H groups in total. The van der Waals surface area contributed by atoms with Crippen LogP contribution in [0.25, 0.3) is 16.7 Å². The molecule has 11 heteroatoms. The molecule has 0 spiro atoms. The summed E-state index contributed by atoms with van der Waals surface area (Å²) < 4.78 is 39.5. The molecule has 152 valence electrons. The van der Waals surface area contributed by atoms with Gasteiger partial charge in [-0.15, -0.1) is 0 Å². The number of carbonyl (C=O) groups is 1. The fraction of sp³-hybridized carbons (Fsp3) is 0.333. The summed E-state index contributed by atoms with van der Waals surface area (Å²) in [5.41, 5.74) is 0.540. The summed E-state index contributed by atoms with van der Waals surface area (Å²) in [5, 5.41) is 4.47. The van der Waals surface area contributed by atoms with E-state index in [4.69, 9.17) is 0 Å². The van der Waals surface area contributed by atoms with Crippen LogP contribution in [0.5, 0.6) is 0 Å². The van der Waals surface area contributed by atoms with E-state index >= 15 is 0 Å². The number of H-pyrrole nitrogens is 1. The van der Waals surface area contributed by atoms with Gasteiger partial charge in [-0.3, -0.25) is 14.6 Å². The number of aromatic amines is 1. The highest BCUT2D eigenvalue weighted by Gasteiger charge is 2.41. The molecule has 0 bridgehead atoms. The van der Waals surface area contributed by atoms with Gasteiger partial charge in [0.05, 0.1) is 11.9 Å². The smallest absolute Gasteiger partial charge is 0.333 e.